The van der Waals surface area contributed by atoms with E-state index in [-0.39, 0.29) is 18.2 Å². The van der Waals surface area contributed by atoms with Crippen LogP contribution in [0.4, 0.5) is 5.69 Å². The molecule has 0 saturated carbocycles. The first-order valence-electron chi connectivity index (χ1n) is 8.33. The maximum Gasteiger partial charge on any atom is 0.252 e. The maximum absolute atomic E-state index is 12.7. The van der Waals surface area contributed by atoms with Gasteiger partial charge in [-0.25, -0.2) is 8.42 Å². The second-order valence-corrected chi connectivity index (χ2v) is 9.37. The van der Waals surface area contributed by atoms with E-state index in [0.717, 1.165) is 0 Å². The number of benzene rings is 1. The van der Waals surface area contributed by atoms with Gasteiger partial charge in [0.15, 0.2) is 5.78 Å². The Balaban J connectivity index is 1.70. The number of anilines is 1. The average molecular weight is 393 g/mol. The number of rotatable bonds is 5. The molecule has 1 aromatic carbocycles. The van der Waals surface area contributed by atoms with Gasteiger partial charge in [-0.05, 0) is 43.3 Å². The molecular weight excluding hydrogens is 372 g/mol. The summed E-state index contributed by atoms with van der Waals surface area (Å²) >= 11 is 1.18. The number of Topliss-reactive ketones (excluding diaryl/α,β-unsaturated/α-hetero) is 1. The normalized spacial score (nSPS) is 18.4. The largest absolute Gasteiger partial charge is 0.326 e. The van der Waals surface area contributed by atoms with Crippen LogP contribution in [0.15, 0.2) is 46.0 Å². The molecule has 1 saturated heterocycles. The first kappa shape index (κ1) is 18.8. The number of sulfonamides is 1. The summed E-state index contributed by atoms with van der Waals surface area (Å²) in [5, 5.41) is 4.53. The molecule has 1 N–H and O–H groups in total. The quantitative estimate of drug-likeness (QED) is 0.793. The third kappa shape index (κ3) is 4.03. The Morgan fingerprint density at radius 2 is 2.04 bits per heavy atom. The SMILES string of the molecule is CC(=O)c1cccc(NC(=O)[C@H]2CCCN(S(=O)(=O)c3cccs3)C2)c1. The van der Waals surface area contributed by atoms with Crippen molar-refractivity contribution in [1.82, 2.24) is 4.31 Å². The van der Waals surface area contributed by atoms with Crippen LogP contribution in [0, 0.1) is 5.92 Å². The number of hydrogen-bond donors (Lipinski definition) is 1. The fraction of sp³-hybridized carbons (Fsp3) is 0.333. The van der Waals surface area contributed by atoms with Crippen LogP contribution in [-0.2, 0) is 14.8 Å². The number of carbonyl (C=O) groups excluding carboxylic acids is 2. The molecule has 26 heavy (non-hydrogen) atoms. The number of thiophene rings is 1. The van der Waals surface area contributed by atoms with Gasteiger partial charge in [0.05, 0.1) is 5.92 Å². The molecule has 6 nitrogen and oxygen atoms in total. The molecule has 1 aromatic heterocycles. The number of nitrogens with zero attached hydrogens (tertiary/aromatic N) is 1. The van der Waals surface area contributed by atoms with E-state index >= 15 is 0 Å². The van der Waals surface area contributed by atoms with Gasteiger partial charge in [0.2, 0.25) is 5.91 Å². The van der Waals surface area contributed by atoms with E-state index in [2.05, 4.69) is 5.32 Å². The number of hydrogen-bond acceptors (Lipinski definition) is 5. The fourth-order valence-corrected chi connectivity index (χ4v) is 5.64. The Morgan fingerprint density at radius 1 is 1.23 bits per heavy atom. The molecule has 2 heterocycles. The Kier molecular flexibility index (Phi) is 5.55. The summed E-state index contributed by atoms with van der Waals surface area (Å²) < 4.78 is 27.0. The number of nitrogens with one attached hydrogen (secondary N) is 1. The van der Waals surface area contributed by atoms with Gasteiger partial charge in [-0.15, -0.1) is 11.3 Å². The second kappa shape index (κ2) is 7.69. The third-order valence-electron chi connectivity index (χ3n) is 4.38. The Morgan fingerprint density at radius 3 is 2.73 bits per heavy atom. The fourth-order valence-electron chi connectivity index (χ4n) is 2.97. The van der Waals surface area contributed by atoms with Crippen molar-refractivity contribution in [2.45, 2.75) is 24.0 Å². The lowest BCUT2D eigenvalue weighted by molar-refractivity contribution is -0.120. The summed E-state index contributed by atoms with van der Waals surface area (Å²) in [7, 11) is -3.55. The zero-order chi connectivity index (χ0) is 18.7. The highest BCUT2D eigenvalue weighted by Gasteiger charge is 2.33. The van der Waals surface area contributed by atoms with Crippen LogP contribution in [0.2, 0.25) is 0 Å². The van der Waals surface area contributed by atoms with E-state index in [0.29, 0.717) is 34.8 Å². The lowest BCUT2D eigenvalue weighted by atomic mass is 9.98. The first-order valence-corrected chi connectivity index (χ1v) is 10.7. The van der Waals surface area contributed by atoms with Gasteiger partial charge in [0.1, 0.15) is 4.21 Å². The lowest BCUT2D eigenvalue weighted by Gasteiger charge is -2.30. The Labute approximate surface area is 156 Å². The molecule has 3 rings (SSSR count). The zero-order valence-corrected chi connectivity index (χ0v) is 16.0. The summed E-state index contributed by atoms with van der Waals surface area (Å²) in [5.74, 6) is -0.719. The molecule has 0 aliphatic carbocycles. The molecule has 1 aliphatic heterocycles. The van der Waals surface area contributed by atoms with Crippen LogP contribution < -0.4 is 5.32 Å². The molecule has 0 radical (unpaired) electrons. The van der Waals surface area contributed by atoms with Crippen LogP contribution in [0.3, 0.4) is 0 Å². The smallest absolute Gasteiger partial charge is 0.252 e. The van der Waals surface area contributed by atoms with E-state index in [4.69, 9.17) is 0 Å². The predicted molar refractivity (Wildman–Crippen MR) is 101 cm³/mol. The Hall–Kier alpha value is -2.03. The van der Waals surface area contributed by atoms with E-state index < -0.39 is 15.9 Å². The van der Waals surface area contributed by atoms with Crippen molar-refractivity contribution >= 4 is 38.7 Å². The minimum atomic E-state index is -3.55. The molecular formula is C18H20N2O4S2. The number of piperidine rings is 1. The highest BCUT2D eigenvalue weighted by atomic mass is 32.2. The summed E-state index contributed by atoms with van der Waals surface area (Å²) in [6, 6.07) is 10.0. The van der Waals surface area contributed by atoms with Crippen LogP contribution in [0.5, 0.6) is 0 Å². The third-order valence-corrected chi connectivity index (χ3v) is 7.62. The molecule has 1 fully saturated rings. The second-order valence-electron chi connectivity index (χ2n) is 6.26. The molecule has 1 aliphatic rings. The average Bonchev–Trinajstić information content (AvgIpc) is 3.17. The van der Waals surface area contributed by atoms with Crippen molar-refractivity contribution < 1.29 is 18.0 Å². The van der Waals surface area contributed by atoms with Crippen molar-refractivity contribution in [3.63, 3.8) is 0 Å². The van der Waals surface area contributed by atoms with E-state index in [9.17, 15) is 18.0 Å². The molecule has 1 atom stereocenters. The van der Waals surface area contributed by atoms with Gasteiger partial charge in [-0.2, -0.15) is 4.31 Å². The Bertz CT molecular complexity index is 907. The first-order chi connectivity index (χ1) is 12.4. The highest BCUT2D eigenvalue weighted by Crippen LogP contribution is 2.27. The van der Waals surface area contributed by atoms with Crippen molar-refractivity contribution in [3.8, 4) is 0 Å². The molecule has 8 heteroatoms. The molecule has 2 aromatic rings. The van der Waals surface area contributed by atoms with Crippen LogP contribution in [-0.4, -0.2) is 37.5 Å². The molecule has 0 unspecified atom stereocenters. The minimum absolute atomic E-state index is 0.0769. The molecule has 0 bridgehead atoms. The van der Waals surface area contributed by atoms with Gasteiger partial charge in [-0.1, -0.05) is 18.2 Å². The van der Waals surface area contributed by atoms with Crippen molar-refractivity contribution in [3.05, 3.63) is 47.3 Å². The molecule has 138 valence electrons. The lowest BCUT2D eigenvalue weighted by Crippen LogP contribution is -2.43. The van der Waals surface area contributed by atoms with Gasteiger partial charge < -0.3 is 5.32 Å². The van der Waals surface area contributed by atoms with Crippen LogP contribution >= 0.6 is 11.3 Å². The predicted octanol–water partition coefficient (Wildman–Crippen LogP) is 2.99. The maximum atomic E-state index is 12.7. The van der Waals surface area contributed by atoms with Gasteiger partial charge in [0, 0.05) is 24.3 Å². The highest BCUT2D eigenvalue weighted by molar-refractivity contribution is 7.91. The molecule has 1 amide bonds. The topological polar surface area (TPSA) is 83.6 Å². The summed E-state index contributed by atoms with van der Waals surface area (Å²) in [6.07, 6.45) is 1.27. The number of carbonyl (C=O) groups is 2. The van der Waals surface area contributed by atoms with E-state index in [1.165, 1.54) is 22.6 Å². The van der Waals surface area contributed by atoms with E-state index in [1.807, 2.05) is 0 Å². The minimum Gasteiger partial charge on any atom is -0.326 e. The van der Waals surface area contributed by atoms with Crippen molar-refractivity contribution in [1.29, 1.82) is 0 Å². The van der Waals surface area contributed by atoms with Crippen LogP contribution in [0.25, 0.3) is 0 Å². The standard InChI is InChI=1S/C18H20N2O4S2/c1-13(21)14-5-2-7-16(11-14)19-18(22)15-6-3-9-20(12-15)26(23,24)17-8-4-10-25-17/h2,4-5,7-8,10-11,15H,3,6,9,12H2,1H3,(H,19,22)/t15-/m0/s1. The summed E-state index contributed by atoms with van der Waals surface area (Å²) in [5.41, 5.74) is 1.06. The van der Waals surface area contributed by atoms with Gasteiger partial charge >= 0.3 is 0 Å². The number of amides is 1. The monoisotopic (exact) mass is 392 g/mol. The van der Waals surface area contributed by atoms with Crippen molar-refractivity contribution in [2.24, 2.45) is 5.92 Å². The van der Waals surface area contributed by atoms with Crippen LogP contribution in [0.1, 0.15) is 30.1 Å². The molecule has 0 spiro atoms. The number of ketones is 1. The van der Waals surface area contributed by atoms with E-state index in [1.54, 1.807) is 41.8 Å². The zero-order valence-electron chi connectivity index (χ0n) is 14.3. The summed E-state index contributed by atoms with van der Waals surface area (Å²) in [4.78, 5) is 24.1. The van der Waals surface area contributed by atoms with Crippen molar-refractivity contribution in [2.75, 3.05) is 18.4 Å². The van der Waals surface area contributed by atoms with Gasteiger partial charge in [-0.3, -0.25) is 9.59 Å². The summed E-state index contributed by atoms with van der Waals surface area (Å²) in [6.45, 7) is 2.05. The van der Waals surface area contributed by atoms with Gasteiger partial charge in [0.25, 0.3) is 10.0 Å².